The summed E-state index contributed by atoms with van der Waals surface area (Å²) in [6.07, 6.45) is 4.00. The number of hydrogen-bond donors (Lipinski definition) is 2. The molecule has 1 saturated heterocycles. The van der Waals surface area contributed by atoms with Crippen LogP contribution < -0.4 is 11.2 Å². The van der Waals surface area contributed by atoms with Gasteiger partial charge < -0.3 is 9.84 Å². The van der Waals surface area contributed by atoms with E-state index in [9.17, 15) is 19.1 Å². The predicted molar refractivity (Wildman–Crippen MR) is 86.8 cm³/mol. The van der Waals surface area contributed by atoms with E-state index in [-0.39, 0.29) is 12.0 Å². The number of alkyl halides is 1. The van der Waals surface area contributed by atoms with Crippen molar-refractivity contribution < 1.29 is 14.2 Å². The van der Waals surface area contributed by atoms with Crippen LogP contribution in [0.5, 0.6) is 0 Å². The molecule has 0 bridgehead atoms. The Labute approximate surface area is 139 Å². The van der Waals surface area contributed by atoms with Gasteiger partial charge in [0.1, 0.15) is 6.10 Å². The van der Waals surface area contributed by atoms with Gasteiger partial charge in [-0.1, -0.05) is 26.2 Å². The standard InChI is InChI=1S/C17H25FN2O4/c1-2-17(6-3-4-7-17)9-12-15(22)14(18)11(10-24-12)20-8-5-13(21)19-16(20)23/h5,8,11-12,14-15,22H,2-4,6-7,9-10H2,1H3,(H,19,21,23). The highest BCUT2D eigenvalue weighted by Crippen LogP contribution is 2.46. The van der Waals surface area contributed by atoms with Crippen LogP contribution in [0.15, 0.2) is 21.9 Å². The van der Waals surface area contributed by atoms with Gasteiger partial charge in [0.25, 0.3) is 5.56 Å². The van der Waals surface area contributed by atoms with Gasteiger partial charge in [-0.05, 0) is 24.7 Å². The van der Waals surface area contributed by atoms with Gasteiger partial charge in [-0.3, -0.25) is 14.3 Å². The van der Waals surface area contributed by atoms with Crippen molar-refractivity contribution in [3.8, 4) is 0 Å². The Kier molecular flexibility index (Phi) is 4.92. The summed E-state index contributed by atoms with van der Waals surface area (Å²) in [4.78, 5) is 25.1. The van der Waals surface area contributed by atoms with Gasteiger partial charge in [-0.15, -0.1) is 0 Å². The maximum absolute atomic E-state index is 14.8. The van der Waals surface area contributed by atoms with Crippen LogP contribution in [0.4, 0.5) is 4.39 Å². The average molecular weight is 340 g/mol. The molecule has 1 aromatic heterocycles. The Morgan fingerprint density at radius 2 is 2.12 bits per heavy atom. The van der Waals surface area contributed by atoms with Crippen LogP contribution in [0, 0.1) is 5.41 Å². The summed E-state index contributed by atoms with van der Waals surface area (Å²) in [6.45, 7) is 2.14. The number of aromatic nitrogens is 2. The van der Waals surface area contributed by atoms with Gasteiger partial charge in [0.2, 0.25) is 0 Å². The number of nitrogens with one attached hydrogen (secondary N) is 1. The molecule has 1 saturated carbocycles. The summed E-state index contributed by atoms with van der Waals surface area (Å²) in [6, 6.07) is 0.235. The van der Waals surface area contributed by atoms with Crippen molar-refractivity contribution in [2.45, 2.75) is 69.9 Å². The highest BCUT2D eigenvalue weighted by atomic mass is 19.1. The normalized spacial score (nSPS) is 32.8. The maximum atomic E-state index is 14.8. The van der Waals surface area contributed by atoms with E-state index in [1.807, 2.05) is 0 Å². The second-order valence-corrected chi connectivity index (χ2v) is 7.16. The average Bonchev–Trinajstić information content (AvgIpc) is 3.02. The maximum Gasteiger partial charge on any atom is 0.328 e. The van der Waals surface area contributed by atoms with Crippen LogP contribution in [0.3, 0.4) is 0 Å². The Morgan fingerprint density at radius 3 is 2.75 bits per heavy atom. The first-order chi connectivity index (χ1) is 11.5. The number of aliphatic hydroxyl groups excluding tert-OH is 1. The lowest BCUT2D eigenvalue weighted by atomic mass is 9.76. The molecular weight excluding hydrogens is 315 g/mol. The van der Waals surface area contributed by atoms with Crippen LogP contribution in [-0.2, 0) is 4.74 Å². The lowest BCUT2D eigenvalue weighted by molar-refractivity contribution is -0.149. The molecule has 6 nitrogen and oxygen atoms in total. The third-order valence-electron chi connectivity index (χ3n) is 5.81. The minimum atomic E-state index is -1.61. The molecule has 1 aromatic rings. The minimum Gasteiger partial charge on any atom is -0.387 e. The van der Waals surface area contributed by atoms with E-state index in [0.717, 1.165) is 29.9 Å². The lowest BCUT2D eigenvalue weighted by Crippen LogP contribution is -2.52. The third-order valence-corrected chi connectivity index (χ3v) is 5.81. The van der Waals surface area contributed by atoms with E-state index in [2.05, 4.69) is 11.9 Å². The molecule has 3 rings (SSSR count). The number of H-pyrrole nitrogens is 1. The van der Waals surface area contributed by atoms with Crippen molar-refractivity contribution in [3.63, 3.8) is 0 Å². The van der Waals surface area contributed by atoms with Crippen molar-refractivity contribution in [1.29, 1.82) is 0 Å². The van der Waals surface area contributed by atoms with E-state index >= 15 is 0 Å². The van der Waals surface area contributed by atoms with Gasteiger partial charge in [-0.2, -0.15) is 0 Å². The van der Waals surface area contributed by atoms with Crippen LogP contribution in [0.2, 0.25) is 0 Å². The molecule has 4 unspecified atom stereocenters. The van der Waals surface area contributed by atoms with Crippen LogP contribution >= 0.6 is 0 Å². The first-order valence-electron chi connectivity index (χ1n) is 8.71. The molecule has 2 heterocycles. The molecule has 4 atom stereocenters. The molecule has 2 fully saturated rings. The van der Waals surface area contributed by atoms with E-state index in [1.165, 1.54) is 19.0 Å². The Balaban J connectivity index is 1.75. The molecule has 0 spiro atoms. The van der Waals surface area contributed by atoms with Crippen LogP contribution in [-0.4, -0.2) is 39.6 Å². The molecule has 1 aliphatic carbocycles. The summed E-state index contributed by atoms with van der Waals surface area (Å²) in [5.41, 5.74) is -1.09. The number of rotatable bonds is 4. The van der Waals surface area contributed by atoms with Crippen molar-refractivity contribution in [2.24, 2.45) is 5.41 Å². The van der Waals surface area contributed by atoms with Crippen molar-refractivity contribution >= 4 is 0 Å². The minimum absolute atomic E-state index is 0.00857. The van der Waals surface area contributed by atoms with Gasteiger partial charge in [-0.25, -0.2) is 9.18 Å². The first kappa shape index (κ1) is 17.4. The molecule has 1 aliphatic heterocycles. The van der Waals surface area contributed by atoms with Crippen LogP contribution in [0.1, 0.15) is 51.5 Å². The fourth-order valence-corrected chi connectivity index (χ4v) is 4.20. The predicted octanol–water partition coefficient (Wildman–Crippen LogP) is 1.54. The summed E-state index contributed by atoms with van der Waals surface area (Å²) < 4.78 is 21.6. The molecule has 7 heteroatoms. The van der Waals surface area contributed by atoms with Crippen molar-refractivity contribution in [2.75, 3.05) is 6.61 Å². The molecule has 2 aliphatic rings. The number of halogens is 1. The molecular formula is C17H25FN2O4. The number of aromatic amines is 1. The van der Waals surface area contributed by atoms with E-state index < -0.39 is 35.7 Å². The highest BCUT2D eigenvalue weighted by molar-refractivity contribution is 4.97. The number of hydrogen-bond acceptors (Lipinski definition) is 4. The summed E-state index contributed by atoms with van der Waals surface area (Å²) in [7, 11) is 0. The molecule has 134 valence electrons. The largest absolute Gasteiger partial charge is 0.387 e. The number of ether oxygens (including phenoxy) is 1. The van der Waals surface area contributed by atoms with E-state index in [1.54, 1.807) is 0 Å². The Morgan fingerprint density at radius 1 is 1.42 bits per heavy atom. The van der Waals surface area contributed by atoms with Crippen molar-refractivity contribution in [1.82, 2.24) is 9.55 Å². The van der Waals surface area contributed by atoms with Gasteiger partial charge in [0, 0.05) is 12.3 Å². The Hall–Kier alpha value is -1.47. The summed E-state index contributed by atoms with van der Waals surface area (Å²) >= 11 is 0. The number of aliphatic hydroxyl groups is 1. The summed E-state index contributed by atoms with van der Waals surface area (Å²) in [5, 5.41) is 10.4. The van der Waals surface area contributed by atoms with Gasteiger partial charge in [0.15, 0.2) is 6.17 Å². The zero-order valence-corrected chi connectivity index (χ0v) is 13.9. The van der Waals surface area contributed by atoms with Crippen molar-refractivity contribution in [3.05, 3.63) is 33.1 Å². The first-order valence-corrected chi connectivity index (χ1v) is 8.71. The highest BCUT2D eigenvalue weighted by Gasteiger charge is 2.45. The second-order valence-electron chi connectivity index (χ2n) is 7.16. The van der Waals surface area contributed by atoms with Crippen LogP contribution in [0.25, 0.3) is 0 Å². The zero-order valence-electron chi connectivity index (χ0n) is 13.9. The molecule has 24 heavy (non-hydrogen) atoms. The SMILES string of the molecule is CCC1(CC2OCC(n3ccc(=O)[nH]c3=O)C(F)C2O)CCCC1. The molecule has 0 radical (unpaired) electrons. The molecule has 2 N–H and O–H groups in total. The lowest BCUT2D eigenvalue weighted by Gasteiger charge is -2.41. The fraction of sp³-hybridized carbons (Fsp3) is 0.765. The number of nitrogens with zero attached hydrogens (tertiary/aromatic N) is 1. The quantitative estimate of drug-likeness (QED) is 0.871. The zero-order chi connectivity index (χ0) is 17.3. The molecule has 0 amide bonds. The molecule has 0 aromatic carbocycles. The van der Waals surface area contributed by atoms with Gasteiger partial charge >= 0.3 is 5.69 Å². The monoisotopic (exact) mass is 340 g/mol. The third kappa shape index (κ3) is 3.19. The Bertz CT molecular complexity index is 680. The topological polar surface area (TPSA) is 84.3 Å². The fourth-order valence-electron chi connectivity index (χ4n) is 4.20. The summed E-state index contributed by atoms with van der Waals surface area (Å²) in [5.74, 6) is 0. The van der Waals surface area contributed by atoms with E-state index in [4.69, 9.17) is 4.74 Å². The van der Waals surface area contributed by atoms with E-state index in [0.29, 0.717) is 6.42 Å². The second kappa shape index (κ2) is 6.80. The smallest absolute Gasteiger partial charge is 0.328 e. The van der Waals surface area contributed by atoms with Gasteiger partial charge in [0.05, 0.1) is 18.8 Å².